The fourth-order valence-corrected chi connectivity index (χ4v) is 2.69. The minimum absolute atomic E-state index is 0.0166. The largest absolute Gasteiger partial charge is 0.302 e. The Morgan fingerprint density at radius 1 is 1.40 bits per heavy atom. The smallest absolute Gasteiger partial charge is 0.288 e. The van der Waals surface area contributed by atoms with E-state index in [1.54, 1.807) is 12.1 Å². The van der Waals surface area contributed by atoms with E-state index in [4.69, 9.17) is 11.6 Å². The fraction of sp³-hybridized carbons (Fsp3) is 0.571. The minimum atomic E-state index is -0.434. The highest BCUT2D eigenvalue weighted by atomic mass is 35.5. The fourth-order valence-electron chi connectivity index (χ4n) is 2.51. The number of nitrogens with zero attached hydrogens (tertiary/aromatic N) is 3. The summed E-state index contributed by atoms with van der Waals surface area (Å²) in [4.78, 5) is 15.1. The van der Waals surface area contributed by atoms with Crippen LogP contribution in [-0.2, 0) is 6.54 Å². The first kappa shape index (κ1) is 15.2. The third-order valence-corrected chi connectivity index (χ3v) is 3.98. The van der Waals surface area contributed by atoms with Gasteiger partial charge in [0.2, 0.25) is 0 Å². The SMILES string of the molecule is CN(CCN1CCCC1)Cc1ccc(Cl)c([N+](=O)[O-])c1. The van der Waals surface area contributed by atoms with Crippen LogP contribution in [0.25, 0.3) is 0 Å². The normalized spacial score (nSPS) is 15.9. The molecular weight excluding hydrogens is 278 g/mol. The van der Waals surface area contributed by atoms with Gasteiger partial charge in [-0.2, -0.15) is 0 Å². The van der Waals surface area contributed by atoms with Crippen LogP contribution in [0.1, 0.15) is 18.4 Å². The molecule has 0 unspecified atom stereocenters. The molecule has 0 N–H and O–H groups in total. The van der Waals surface area contributed by atoms with Gasteiger partial charge in [-0.05, 0) is 44.6 Å². The molecule has 0 aliphatic carbocycles. The van der Waals surface area contributed by atoms with Gasteiger partial charge in [0.15, 0.2) is 0 Å². The van der Waals surface area contributed by atoms with E-state index in [2.05, 4.69) is 9.80 Å². The molecule has 20 heavy (non-hydrogen) atoms. The van der Waals surface area contributed by atoms with Crippen LogP contribution in [0.2, 0.25) is 5.02 Å². The highest BCUT2D eigenvalue weighted by molar-refractivity contribution is 6.32. The first-order chi connectivity index (χ1) is 9.56. The average Bonchev–Trinajstić information content (AvgIpc) is 2.91. The Balaban J connectivity index is 1.88. The quantitative estimate of drug-likeness (QED) is 0.598. The zero-order valence-corrected chi connectivity index (χ0v) is 12.5. The number of nitro groups is 1. The van der Waals surface area contributed by atoms with E-state index in [9.17, 15) is 10.1 Å². The number of benzene rings is 1. The van der Waals surface area contributed by atoms with Crippen molar-refractivity contribution in [1.29, 1.82) is 0 Å². The second kappa shape index (κ2) is 7.02. The summed E-state index contributed by atoms with van der Waals surface area (Å²) >= 11 is 5.81. The second-order valence-electron chi connectivity index (χ2n) is 5.33. The van der Waals surface area contributed by atoms with E-state index in [1.165, 1.54) is 25.9 Å². The van der Waals surface area contributed by atoms with E-state index in [0.29, 0.717) is 6.54 Å². The zero-order chi connectivity index (χ0) is 14.5. The number of hydrogen-bond donors (Lipinski definition) is 0. The van der Waals surface area contributed by atoms with Crippen LogP contribution in [0.4, 0.5) is 5.69 Å². The van der Waals surface area contributed by atoms with Crippen molar-refractivity contribution in [3.63, 3.8) is 0 Å². The van der Waals surface area contributed by atoms with E-state index in [-0.39, 0.29) is 10.7 Å². The number of likely N-dealkylation sites (N-methyl/N-ethyl adjacent to an activating group) is 1. The van der Waals surface area contributed by atoms with E-state index in [0.717, 1.165) is 18.7 Å². The summed E-state index contributed by atoms with van der Waals surface area (Å²) in [6.07, 6.45) is 2.60. The summed E-state index contributed by atoms with van der Waals surface area (Å²) in [5.74, 6) is 0. The lowest BCUT2D eigenvalue weighted by molar-refractivity contribution is -0.384. The molecule has 110 valence electrons. The molecule has 0 aromatic heterocycles. The standard InChI is InChI=1S/C14H20ClN3O2/c1-16(8-9-17-6-2-3-7-17)11-12-4-5-13(15)14(10-12)18(19)20/h4-5,10H,2-3,6-9,11H2,1H3. The Morgan fingerprint density at radius 2 is 2.10 bits per heavy atom. The Bertz CT molecular complexity index is 475. The maximum Gasteiger partial charge on any atom is 0.288 e. The van der Waals surface area contributed by atoms with Gasteiger partial charge in [0.25, 0.3) is 5.69 Å². The van der Waals surface area contributed by atoms with Crippen molar-refractivity contribution >= 4 is 17.3 Å². The van der Waals surface area contributed by atoms with E-state index in [1.807, 2.05) is 13.1 Å². The lowest BCUT2D eigenvalue weighted by Crippen LogP contribution is -2.31. The van der Waals surface area contributed by atoms with Crippen molar-refractivity contribution in [2.45, 2.75) is 19.4 Å². The van der Waals surface area contributed by atoms with Gasteiger partial charge in [-0.1, -0.05) is 17.7 Å². The van der Waals surface area contributed by atoms with Gasteiger partial charge in [-0.15, -0.1) is 0 Å². The summed E-state index contributed by atoms with van der Waals surface area (Å²) in [5.41, 5.74) is 0.905. The number of halogens is 1. The first-order valence-corrected chi connectivity index (χ1v) is 7.28. The van der Waals surface area contributed by atoms with Crippen LogP contribution in [0, 0.1) is 10.1 Å². The van der Waals surface area contributed by atoms with Crippen LogP contribution >= 0.6 is 11.6 Å². The maximum absolute atomic E-state index is 10.9. The minimum Gasteiger partial charge on any atom is -0.302 e. The predicted octanol–water partition coefficient (Wildman–Crippen LogP) is 2.78. The van der Waals surface area contributed by atoms with Crippen molar-refractivity contribution in [3.8, 4) is 0 Å². The molecule has 0 radical (unpaired) electrons. The van der Waals surface area contributed by atoms with E-state index >= 15 is 0 Å². The lowest BCUT2D eigenvalue weighted by atomic mass is 10.2. The highest BCUT2D eigenvalue weighted by Crippen LogP contribution is 2.25. The summed E-state index contributed by atoms with van der Waals surface area (Å²) < 4.78 is 0. The molecule has 0 bridgehead atoms. The Hall–Kier alpha value is -1.17. The third kappa shape index (κ3) is 4.16. The van der Waals surface area contributed by atoms with Crippen molar-refractivity contribution in [2.24, 2.45) is 0 Å². The third-order valence-electron chi connectivity index (χ3n) is 3.66. The molecule has 1 aliphatic heterocycles. The molecule has 1 saturated heterocycles. The number of hydrogen-bond acceptors (Lipinski definition) is 4. The van der Waals surface area contributed by atoms with Crippen LogP contribution < -0.4 is 0 Å². The summed E-state index contributed by atoms with van der Waals surface area (Å²) in [7, 11) is 2.04. The van der Waals surface area contributed by atoms with Gasteiger partial charge < -0.3 is 9.80 Å². The topological polar surface area (TPSA) is 49.6 Å². The van der Waals surface area contributed by atoms with Crippen molar-refractivity contribution in [2.75, 3.05) is 33.2 Å². The van der Waals surface area contributed by atoms with Crippen molar-refractivity contribution in [3.05, 3.63) is 38.9 Å². The summed E-state index contributed by atoms with van der Waals surface area (Å²) in [6, 6.07) is 5.01. The molecular formula is C14H20ClN3O2. The van der Waals surface area contributed by atoms with Gasteiger partial charge in [-0.25, -0.2) is 0 Å². The van der Waals surface area contributed by atoms with Crippen molar-refractivity contribution in [1.82, 2.24) is 9.80 Å². The van der Waals surface area contributed by atoms with Gasteiger partial charge in [0.1, 0.15) is 5.02 Å². The molecule has 1 aromatic rings. The van der Waals surface area contributed by atoms with Gasteiger partial charge >= 0.3 is 0 Å². The van der Waals surface area contributed by atoms with Crippen LogP contribution in [-0.4, -0.2) is 47.9 Å². The zero-order valence-electron chi connectivity index (χ0n) is 11.7. The molecule has 1 fully saturated rings. The van der Waals surface area contributed by atoms with E-state index < -0.39 is 4.92 Å². The molecule has 1 aromatic carbocycles. The highest BCUT2D eigenvalue weighted by Gasteiger charge is 2.15. The van der Waals surface area contributed by atoms with Crippen LogP contribution in [0.15, 0.2) is 18.2 Å². The van der Waals surface area contributed by atoms with Crippen molar-refractivity contribution < 1.29 is 4.92 Å². The molecule has 5 nitrogen and oxygen atoms in total. The Labute approximate surface area is 124 Å². The molecule has 0 atom stereocenters. The van der Waals surface area contributed by atoms with Gasteiger partial charge in [0, 0.05) is 25.7 Å². The van der Waals surface area contributed by atoms with Gasteiger partial charge in [0.05, 0.1) is 4.92 Å². The summed E-state index contributed by atoms with van der Waals surface area (Å²) in [6.45, 7) is 5.12. The molecule has 1 heterocycles. The first-order valence-electron chi connectivity index (χ1n) is 6.90. The molecule has 6 heteroatoms. The maximum atomic E-state index is 10.9. The lowest BCUT2D eigenvalue weighted by Gasteiger charge is -2.21. The molecule has 1 aliphatic rings. The van der Waals surface area contributed by atoms with Crippen LogP contribution in [0.3, 0.4) is 0 Å². The monoisotopic (exact) mass is 297 g/mol. The molecule has 0 spiro atoms. The predicted molar refractivity (Wildman–Crippen MR) is 80.1 cm³/mol. The second-order valence-corrected chi connectivity index (χ2v) is 5.74. The Kier molecular flexibility index (Phi) is 5.34. The molecule has 2 rings (SSSR count). The molecule has 0 saturated carbocycles. The number of nitro benzene ring substituents is 1. The van der Waals surface area contributed by atoms with Gasteiger partial charge in [-0.3, -0.25) is 10.1 Å². The van der Waals surface area contributed by atoms with Crippen LogP contribution in [0.5, 0.6) is 0 Å². The molecule has 0 amide bonds. The number of likely N-dealkylation sites (tertiary alicyclic amines) is 1. The number of rotatable bonds is 6. The average molecular weight is 298 g/mol. The Morgan fingerprint density at radius 3 is 2.75 bits per heavy atom. The summed E-state index contributed by atoms with van der Waals surface area (Å²) in [5, 5.41) is 11.1.